The fourth-order valence-corrected chi connectivity index (χ4v) is 5.45. The highest BCUT2D eigenvalue weighted by molar-refractivity contribution is 9.10. The molecule has 1 aliphatic rings. The lowest BCUT2D eigenvalue weighted by molar-refractivity contribution is -0.117. The quantitative estimate of drug-likeness (QED) is 0.523. The van der Waals surface area contributed by atoms with Gasteiger partial charge >= 0.3 is 0 Å². The van der Waals surface area contributed by atoms with Crippen molar-refractivity contribution in [1.29, 1.82) is 0 Å². The Bertz CT molecular complexity index is 955. The third-order valence-corrected chi connectivity index (χ3v) is 6.93. The smallest absolute Gasteiger partial charge is 0.225 e. The second-order valence-corrected chi connectivity index (χ2v) is 8.77. The number of hydrogen-bond acceptors (Lipinski definition) is 3. The average Bonchev–Trinajstić information content (AvgIpc) is 3.19. The van der Waals surface area contributed by atoms with Crippen molar-refractivity contribution in [3.63, 3.8) is 0 Å². The molecule has 0 aromatic carbocycles. The summed E-state index contributed by atoms with van der Waals surface area (Å²) in [6.07, 6.45) is 7.83. The van der Waals surface area contributed by atoms with Gasteiger partial charge in [-0.1, -0.05) is 25.3 Å². The van der Waals surface area contributed by atoms with Crippen LogP contribution in [0.4, 0.5) is 5.82 Å². The Morgan fingerprint density at radius 1 is 1.27 bits per heavy atom. The molecule has 3 heterocycles. The molecule has 0 bridgehead atoms. The first kappa shape index (κ1) is 17.7. The molecule has 0 saturated heterocycles. The van der Waals surface area contributed by atoms with Crippen LogP contribution in [0.15, 0.2) is 34.2 Å². The summed E-state index contributed by atoms with van der Waals surface area (Å²) in [5.41, 5.74) is 2.92. The highest BCUT2D eigenvalue weighted by Crippen LogP contribution is 2.41. The number of rotatable bonds is 3. The lowest BCUT2D eigenvalue weighted by atomic mass is 9.94. The van der Waals surface area contributed by atoms with Gasteiger partial charge in [-0.2, -0.15) is 0 Å². The molecule has 1 aliphatic carbocycles. The second-order valence-electron chi connectivity index (χ2n) is 7.00. The van der Waals surface area contributed by atoms with Crippen LogP contribution in [0.5, 0.6) is 0 Å². The summed E-state index contributed by atoms with van der Waals surface area (Å²) in [6, 6.07) is 6.39. The van der Waals surface area contributed by atoms with E-state index >= 15 is 0 Å². The summed E-state index contributed by atoms with van der Waals surface area (Å²) < 4.78 is 3.11. The summed E-state index contributed by atoms with van der Waals surface area (Å²) >= 11 is 5.30. The lowest BCUT2D eigenvalue weighted by Crippen LogP contribution is -2.41. The minimum absolute atomic E-state index is 0.0918. The SMILES string of the molecule is CC(=O)N(c1c(-c2sccc2Br)nc2ccc(C)cn12)C1CCCCC1. The van der Waals surface area contributed by atoms with Crippen LogP contribution in [0, 0.1) is 6.92 Å². The summed E-state index contributed by atoms with van der Waals surface area (Å²) in [5.74, 6) is 1.00. The molecule has 3 aromatic heterocycles. The molecule has 26 heavy (non-hydrogen) atoms. The van der Waals surface area contributed by atoms with Gasteiger partial charge in [-0.05, 0) is 58.8 Å². The van der Waals surface area contributed by atoms with E-state index in [1.54, 1.807) is 18.3 Å². The average molecular weight is 432 g/mol. The molecule has 0 unspecified atom stereocenters. The normalized spacial score (nSPS) is 15.5. The molecule has 0 radical (unpaired) electrons. The number of fused-ring (bicyclic) bond motifs is 1. The number of pyridine rings is 1. The highest BCUT2D eigenvalue weighted by Gasteiger charge is 2.31. The number of anilines is 1. The van der Waals surface area contributed by atoms with Crippen LogP contribution in [0.2, 0.25) is 0 Å². The monoisotopic (exact) mass is 431 g/mol. The number of hydrogen-bond donors (Lipinski definition) is 0. The van der Waals surface area contributed by atoms with Gasteiger partial charge in [0.25, 0.3) is 0 Å². The Kier molecular flexibility index (Phi) is 4.88. The predicted molar refractivity (Wildman–Crippen MR) is 111 cm³/mol. The molecule has 0 atom stereocenters. The zero-order valence-electron chi connectivity index (χ0n) is 15.0. The molecule has 136 valence electrons. The van der Waals surface area contributed by atoms with Gasteiger partial charge in [0.05, 0.1) is 4.88 Å². The molecular weight excluding hydrogens is 410 g/mol. The maximum atomic E-state index is 12.8. The summed E-state index contributed by atoms with van der Waals surface area (Å²) in [4.78, 5) is 20.7. The first-order valence-corrected chi connectivity index (χ1v) is 10.8. The Balaban J connectivity index is 1.97. The molecule has 0 aliphatic heterocycles. The third kappa shape index (κ3) is 3.09. The van der Waals surface area contributed by atoms with Crippen LogP contribution in [0.25, 0.3) is 16.2 Å². The Labute approximate surface area is 166 Å². The van der Waals surface area contributed by atoms with Crippen molar-refractivity contribution in [3.05, 3.63) is 39.8 Å². The maximum Gasteiger partial charge on any atom is 0.225 e. The fraction of sp³-hybridized carbons (Fsp3) is 0.400. The van der Waals surface area contributed by atoms with E-state index < -0.39 is 0 Å². The standard InChI is InChI=1S/C20H22BrN3OS/c1-13-8-9-17-22-18(19-16(21)10-11-26-19)20(23(17)12-13)24(14(2)25)15-6-4-3-5-7-15/h8-12,15H,3-7H2,1-2H3. The van der Waals surface area contributed by atoms with Crippen molar-refractivity contribution in [2.24, 2.45) is 0 Å². The van der Waals surface area contributed by atoms with Gasteiger partial charge in [0.15, 0.2) is 0 Å². The molecule has 4 rings (SSSR count). The van der Waals surface area contributed by atoms with E-state index in [4.69, 9.17) is 4.98 Å². The molecule has 6 heteroatoms. The first-order valence-electron chi connectivity index (χ1n) is 9.08. The minimum atomic E-state index is 0.0918. The van der Waals surface area contributed by atoms with Crippen LogP contribution >= 0.6 is 27.3 Å². The van der Waals surface area contributed by atoms with Crippen LogP contribution in [-0.4, -0.2) is 21.3 Å². The number of imidazole rings is 1. The van der Waals surface area contributed by atoms with Gasteiger partial charge in [-0.3, -0.25) is 14.1 Å². The molecule has 1 amide bonds. The van der Waals surface area contributed by atoms with Crippen LogP contribution in [0.1, 0.15) is 44.6 Å². The van der Waals surface area contributed by atoms with E-state index in [2.05, 4.69) is 44.9 Å². The van der Waals surface area contributed by atoms with Crippen molar-refractivity contribution < 1.29 is 4.79 Å². The Morgan fingerprint density at radius 3 is 2.69 bits per heavy atom. The zero-order valence-corrected chi connectivity index (χ0v) is 17.4. The molecule has 1 saturated carbocycles. The van der Waals surface area contributed by atoms with E-state index in [0.29, 0.717) is 0 Å². The summed E-state index contributed by atoms with van der Waals surface area (Å²) in [6.45, 7) is 3.75. The number of nitrogens with zero attached hydrogens (tertiary/aromatic N) is 3. The number of amides is 1. The zero-order chi connectivity index (χ0) is 18.3. The first-order chi connectivity index (χ1) is 12.6. The highest BCUT2D eigenvalue weighted by atomic mass is 79.9. The van der Waals surface area contributed by atoms with Crippen molar-refractivity contribution in [1.82, 2.24) is 9.38 Å². The van der Waals surface area contributed by atoms with Gasteiger partial charge in [0.1, 0.15) is 17.2 Å². The van der Waals surface area contributed by atoms with E-state index in [0.717, 1.165) is 44.9 Å². The summed E-state index contributed by atoms with van der Waals surface area (Å²) in [5, 5.41) is 2.05. The van der Waals surface area contributed by atoms with Crippen LogP contribution < -0.4 is 4.90 Å². The van der Waals surface area contributed by atoms with Crippen LogP contribution in [0.3, 0.4) is 0 Å². The van der Waals surface area contributed by atoms with Crippen molar-refractivity contribution in [2.45, 2.75) is 52.0 Å². The molecule has 1 fully saturated rings. The third-order valence-electron chi connectivity index (χ3n) is 5.08. The molecular formula is C20H22BrN3OS. The molecule has 3 aromatic rings. The lowest BCUT2D eigenvalue weighted by Gasteiger charge is -2.33. The largest absolute Gasteiger partial charge is 0.293 e. The topological polar surface area (TPSA) is 37.6 Å². The number of thiophene rings is 1. The second kappa shape index (κ2) is 7.16. The van der Waals surface area contributed by atoms with Gasteiger partial charge in [-0.15, -0.1) is 11.3 Å². The van der Waals surface area contributed by atoms with Crippen LogP contribution in [-0.2, 0) is 4.79 Å². The number of carbonyl (C=O) groups excluding carboxylic acids is 1. The molecule has 4 nitrogen and oxygen atoms in total. The fourth-order valence-electron chi connectivity index (χ4n) is 3.90. The van der Waals surface area contributed by atoms with E-state index in [1.807, 2.05) is 17.0 Å². The number of aryl methyl sites for hydroxylation is 1. The van der Waals surface area contributed by atoms with Gasteiger partial charge in [-0.25, -0.2) is 4.98 Å². The Morgan fingerprint density at radius 2 is 2.04 bits per heavy atom. The van der Waals surface area contributed by atoms with Crippen molar-refractivity contribution in [3.8, 4) is 10.6 Å². The van der Waals surface area contributed by atoms with E-state index in [1.165, 1.54) is 19.3 Å². The van der Waals surface area contributed by atoms with Gasteiger partial charge in [0.2, 0.25) is 5.91 Å². The molecule has 0 spiro atoms. The van der Waals surface area contributed by atoms with E-state index in [-0.39, 0.29) is 11.9 Å². The minimum Gasteiger partial charge on any atom is -0.293 e. The van der Waals surface area contributed by atoms with Crippen molar-refractivity contribution in [2.75, 3.05) is 4.90 Å². The number of halogens is 1. The number of aromatic nitrogens is 2. The van der Waals surface area contributed by atoms with E-state index in [9.17, 15) is 4.79 Å². The number of carbonyl (C=O) groups is 1. The maximum absolute atomic E-state index is 12.8. The molecule has 0 N–H and O–H groups in total. The van der Waals surface area contributed by atoms with Crippen molar-refractivity contribution >= 4 is 44.6 Å². The summed E-state index contributed by atoms with van der Waals surface area (Å²) in [7, 11) is 0. The Hall–Kier alpha value is -1.66. The van der Waals surface area contributed by atoms with Gasteiger partial charge in [0, 0.05) is 23.6 Å². The predicted octanol–water partition coefficient (Wildman–Crippen LogP) is 5.82. The van der Waals surface area contributed by atoms with Gasteiger partial charge < -0.3 is 0 Å².